The number of carboxylic acid groups (broad SMARTS) is 2. The molecule has 0 radical (unpaired) electrons. The SMILES string of the molecule is Cc1cc(Nc2cc(C(F)F)c(F)c(CC3(C(=O)O)CCN(C(=O)O)[C@H](C)C3)n2)nn1C(C)(C)C. The number of anilines is 2. The molecule has 2 aromatic heterocycles. The highest BCUT2D eigenvalue weighted by Gasteiger charge is 2.46. The highest BCUT2D eigenvalue weighted by Crippen LogP contribution is 2.40. The van der Waals surface area contributed by atoms with E-state index in [2.05, 4.69) is 15.4 Å². The van der Waals surface area contributed by atoms with E-state index in [9.17, 15) is 28.6 Å². The summed E-state index contributed by atoms with van der Waals surface area (Å²) in [4.78, 5) is 28.9. The van der Waals surface area contributed by atoms with Gasteiger partial charge in [0.25, 0.3) is 6.43 Å². The zero-order valence-electron chi connectivity index (χ0n) is 20.3. The van der Waals surface area contributed by atoms with Gasteiger partial charge in [0.1, 0.15) is 5.82 Å². The summed E-state index contributed by atoms with van der Waals surface area (Å²) >= 11 is 0. The summed E-state index contributed by atoms with van der Waals surface area (Å²) in [6.45, 7) is 9.16. The van der Waals surface area contributed by atoms with E-state index >= 15 is 4.39 Å². The Labute approximate surface area is 201 Å². The lowest BCUT2D eigenvalue weighted by Gasteiger charge is -2.42. The van der Waals surface area contributed by atoms with Gasteiger partial charge < -0.3 is 20.4 Å². The van der Waals surface area contributed by atoms with Gasteiger partial charge in [-0.25, -0.2) is 22.9 Å². The molecule has 1 unspecified atom stereocenters. The molecule has 1 amide bonds. The minimum absolute atomic E-state index is 0.0758. The number of rotatable bonds is 6. The van der Waals surface area contributed by atoms with E-state index in [4.69, 9.17) is 0 Å². The fourth-order valence-electron chi connectivity index (χ4n) is 4.66. The molecule has 0 aliphatic carbocycles. The van der Waals surface area contributed by atoms with Crippen LogP contribution < -0.4 is 5.32 Å². The topological polar surface area (TPSA) is 121 Å². The fourth-order valence-corrected chi connectivity index (χ4v) is 4.66. The molecular weight excluding hydrogens is 467 g/mol. The molecule has 1 aliphatic rings. The summed E-state index contributed by atoms with van der Waals surface area (Å²) < 4.78 is 44.2. The number of aryl methyl sites for hydroxylation is 1. The number of piperidine rings is 1. The van der Waals surface area contributed by atoms with E-state index in [0.29, 0.717) is 5.82 Å². The fraction of sp³-hybridized carbons (Fsp3) is 0.565. The van der Waals surface area contributed by atoms with Crippen molar-refractivity contribution >= 4 is 23.7 Å². The standard InChI is InChI=1S/C23H30F3N5O4/c1-12-8-17(29-31(12)22(3,4)5)28-16-9-14(19(25)26)18(24)15(27-16)11-23(20(32)33)6-7-30(21(34)35)13(2)10-23/h8-9,13,19H,6-7,10-11H2,1-5H3,(H,32,33)(H,34,35)(H,27,28,29)/t13-,23?/m1/s1. The minimum atomic E-state index is -3.15. The summed E-state index contributed by atoms with van der Waals surface area (Å²) in [6.07, 6.45) is -5.00. The van der Waals surface area contributed by atoms with Crippen LogP contribution in [0.15, 0.2) is 12.1 Å². The Hall–Kier alpha value is -3.31. The smallest absolute Gasteiger partial charge is 0.407 e. The number of likely N-dealkylation sites (tertiary alicyclic amines) is 1. The molecule has 35 heavy (non-hydrogen) atoms. The third-order valence-electron chi connectivity index (χ3n) is 6.32. The number of nitrogens with zero attached hydrogens (tertiary/aromatic N) is 4. The molecule has 12 heteroatoms. The van der Waals surface area contributed by atoms with Crippen LogP contribution in [0.25, 0.3) is 0 Å². The molecule has 2 aromatic rings. The average molecular weight is 498 g/mol. The number of aromatic nitrogens is 3. The number of alkyl halides is 2. The van der Waals surface area contributed by atoms with Crippen LogP contribution in [0.1, 0.15) is 63.9 Å². The molecule has 3 N–H and O–H groups in total. The molecule has 3 heterocycles. The van der Waals surface area contributed by atoms with E-state index in [1.165, 1.54) is 0 Å². The van der Waals surface area contributed by atoms with Gasteiger partial charge in [0.2, 0.25) is 0 Å². The molecule has 0 saturated carbocycles. The van der Waals surface area contributed by atoms with Crippen molar-refractivity contribution in [1.82, 2.24) is 19.7 Å². The van der Waals surface area contributed by atoms with Gasteiger partial charge in [-0.3, -0.25) is 9.48 Å². The van der Waals surface area contributed by atoms with Crippen molar-refractivity contribution in [3.8, 4) is 0 Å². The van der Waals surface area contributed by atoms with Gasteiger partial charge in [0, 0.05) is 30.8 Å². The van der Waals surface area contributed by atoms with Crippen LogP contribution in [0.5, 0.6) is 0 Å². The Kier molecular flexibility index (Phi) is 7.05. The van der Waals surface area contributed by atoms with Crippen molar-refractivity contribution in [2.45, 2.75) is 71.9 Å². The monoisotopic (exact) mass is 497 g/mol. The highest BCUT2D eigenvalue weighted by atomic mass is 19.3. The summed E-state index contributed by atoms with van der Waals surface area (Å²) in [5.41, 5.74) is -2.41. The second-order valence-electron chi connectivity index (χ2n) is 10.1. The van der Waals surface area contributed by atoms with E-state index in [1.54, 1.807) is 17.7 Å². The van der Waals surface area contributed by atoms with Crippen LogP contribution in [0.2, 0.25) is 0 Å². The Morgan fingerprint density at radius 1 is 1.26 bits per heavy atom. The normalized spacial score (nSPS) is 20.8. The van der Waals surface area contributed by atoms with Crippen molar-refractivity contribution in [2.24, 2.45) is 5.41 Å². The predicted octanol–water partition coefficient (Wildman–Crippen LogP) is 4.94. The number of amides is 1. The maximum Gasteiger partial charge on any atom is 0.407 e. The molecule has 0 bridgehead atoms. The lowest BCUT2D eigenvalue weighted by Crippen LogP contribution is -2.51. The van der Waals surface area contributed by atoms with Crippen LogP contribution in [0.3, 0.4) is 0 Å². The Morgan fingerprint density at radius 3 is 2.40 bits per heavy atom. The number of halogens is 3. The molecule has 2 atom stereocenters. The first kappa shape index (κ1) is 26.3. The molecule has 3 rings (SSSR count). The maximum absolute atomic E-state index is 15.1. The lowest BCUT2D eigenvalue weighted by molar-refractivity contribution is -0.153. The molecular formula is C23H30F3N5O4. The van der Waals surface area contributed by atoms with Gasteiger partial charge in [-0.05, 0) is 53.5 Å². The van der Waals surface area contributed by atoms with Gasteiger partial charge in [0.15, 0.2) is 11.6 Å². The predicted molar refractivity (Wildman–Crippen MR) is 122 cm³/mol. The average Bonchev–Trinajstić information content (AvgIpc) is 3.10. The number of pyridine rings is 1. The first-order valence-electron chi connectivity index (χ1n) is 11.2. The number of aliphatic carboxylic acids is 1. The number of carbonyl (C=O) groups is 2. The minimum Gasteiger partial charge on any atom is -0.481 e. The first-order valence-corrected chi connectivity index (χ1v) is 11.2. The molecule has 0 spiro atoms. The van der Waals surface area contributed by atoms with E-state index < -0.39 is 53.4 Å². The summed E-state index contributed by atoms with van der Waals surface area (Å²) in [7, 11) is 0. The molecule has 0 aromatic carbocycles. The van der Waals surface area contributed by atoms with Crippen molar-refractivity contribution in [2.75, 3.05) is 11.9 Å². The summed E-state index contributed by atoms with van der Waals surface area (Å²) in [5.74, 6) is -2.30. The number of carboxylic acids is 1. The Balaban J connectivity index is 1.99. The van der Waals surface area contributed by atoms with Crippen LogP contribution in [0.4, 0.5) is 29.6 Å². The third-order valence-corrected chi connectivity index (χ3v) is 6.32. The molecule has 1 saturated heterocycles. The van der Waals surface area contributed by atoms with E-state index in [-0.39, 0.29) is 30.7 Å². The van der Waals surface area contributed by atoms with Crippen LogP contribution in [0, 0.1) is 18.2 Å². The van der Waals surface area contributed by atoms with Crippen molar-refractivity contribution < 1.29 is 33.0 Å². The number of hydrogen-bond acceptors (Lipinski definition) is 5. The Bertz CT molecular complexity index is 1130. The number of nitrogens with one attached hydrogen (secondary N) is 1. The lowest BCUT2D eigenvalue weighted by atomic mass is 9.72. The van der Waals surface area contributed by atoms with Gasteiger partial charge >= 0.3 is 12.1 Å². The summed E-state index contributed by atoms with van der Waals surface area (Å²) in [5, 5.41) is 26.5. The summed E-state index contributed by atoms with van der Waals surface area (Å²) in [6, 6.07) is 1.93. The van der Waals surface area contributed by atoms with Crippen LogP contribution in [-0.2, 0) is 16.8 Å². The second kappa shape index (κ2) is 9.38. The van der Waals surface area contributed by atoms with E-state index in [1.807, 2.05) is 27.7 Å². The molecule has 1 aliphatic heterocycles. The zero-order chi connectivity index (χ0) is 26.3. The quantitative estimate of drug-likeness (QED) is 0.517. The second-order valence-corrected chi connectivity index (χ2v) is 10.1. The molecule has 192 valence electrons. The molecule has 1 fully saturated rings. The van der Waals surface area contributed by atoms with Crippen LogP contribution >= 0.6 is 0 Å². The zero-order valence-corrected chi connectivity index (χ0v) is 20.3. The van der Waals surface area contributed by atoms with E-state index in [0.717, 1.165) is 16.7 Å². The van der Waals surface area contributed by atoms with Crippen LogP contribution in [-0.4, -0.2) is 54.5 Å². The largest absolute Gasteiger partial charge is 0.481 e. The van der Waals surface area contributed by atoms with Gasteiger partial charge in [-0.2, -0.15) is 5.10 Å². The molecule has 9 nitrogen and oxygen atoms in total. The van der Waals surface area contributed by atoms with Crippen molar-refractivity contribution in [1.29, 1.82) is 0 Å². The highest BCUT2D eigenvalue weighted by molar-refractivity contribution is 5.76. The van der Waals surface area contributed by atoms with Gasteiger partial charge in [-0.15, -0.1) is 0 Å². The Morgan fingerprint density at radius 2 is 1.91 bits per heavy atom. The van der Waals surface area contributed by atoms with Gasteiger partial charge in [0.05, 0.1) is 22.2 Å². The van der Waals surface area contributed by atoms with Gasteiger partial charge in [-0.1, -0.05) is 0 Å². The maximum atomic E-state index is 15.1. The van der Waals surface area contributed by atoms with Crippen molar-refractivity contribution in [3.05, 3.63) is 34.9 Å². The van der Waals surface area contributed by atoms with Crippen molar-refractivity contribution in [3.63, 3.8) is 0 Å². The first-order chi connectivity index (χ1) is 16.1. The third kappa shape index (κ3) is 5.35. The number of hydrogen-bond donors (Lipinski definition) is 3.